The van der Waals surface area contributed by atoms with Crippen molar-refractivity contribution in [1.82, 2.24) is 4.98 Å². The Morgan fingerprint density at radius 3 is 2.94 bits per heavy atom. The number of fused-ring (bicyclic) bond motifs is 1. The molecule has 0 radical (unpaired) electrons. The molecule has 0 saturated carbocycles. The summed E-state index contributed by atoms with van der Waals surface area (Å²) in [5.41, 5.74) is 5.01. The van der Waals surface area contributed by atoms with Crippen LogP contribution in [0.4, 0.5) is 17.1 Å². The molecular formula is C14H15N3. The highest BCUT2D eigenvalue weighted by Gasteiger charge is 2.21. The number of rotatable bonds is 2. The third-order valence-electron chi connectivity index (χ3n) is 3.25. The summed E-state index contributed by atoms with van der Waals surface area (Å²) in [6.07, 6.45) is 4.83. The normalized spacial score (nSPS) is 13.6. The van der Waals surface area contributed by atoms with E-state index in [1.807, 2.05) is 19.4 Å². The van der Waals surface area contributed by atoms with Gasteiger partial charge in [0.15, 0.2) is 0 Å². The molecule has 0 spiro atoms. The molecule has 3 heteroatoms. The van der Waals surface area contributed by atoms with E-state index in [0.717, 1.165) is 18.7 Å². The van der Waals surface area contributed by atoms with Crippen LogP contribution in [-0.2, 0) is 6.42 Å². The van der Waals surface area contributed by atoms with Crippen molar-refractivity contribution in [2.45, 2.75) is 6.42 Å². The van der Waals surface area contributed by atoms with Gasteiger partial charge in [-0.05, 0) is 24.1 Å². The molecule has 0 amide bonds. The van der Waals surface area contributed by atoms with E-state index in [1.165, 1.54) is 16.9 Å². The fraction of sp³-hybridized carbons (Fsp3) is 0.214. The van der Waals surface area contributed by atoms with Crippen LogP contribution in [0, 0.1) is 0 Å². The van der Waals surface area contributed by atoms with Crippen molar-refractivity contribution in [2.24, 2.45) is 0 Å². The van der Waals surface area contributed by atoms with Crippen LogP contribution in [0.15, 0.2) is 42.7 Å². The fourth-order valence-corrected chi connectivity index (χ4v) is 2.40. The van der Waals surface area contributed by atoms with Gasteiger partial charge in [-0.2, -0.15) is 0 Å². The van der Waals surface area contributed by atoms with Crippen molar-refractivity contribution < 1.29 is 0 Å². The van der Waals surface area contributed by atoms with Gasteiger partial charge in [0.05, 0.1) is 17.6 Å². The molecule has 1 N–H and O–H groups in total. The van der Waals surface area contributed by atoms with E-state index in [2.05, 4.69) is 45.5 Å². The number of nitrogens with zero attached hydrogens (tertiary/aromatic N) is 2. The molecule has 2 aromatic rings. The quantitative estimate of drug-likeness (QED) is 0.851. The van der Waals surface area contributed by atoms with E-state index < -0.39 is 0 Å². The van der Waals surface area contributed by atoms with Crippen LogP contribution in [0.5, 0.6) is 0 Å². The molecule has 0 unspecified atom stereocenters. The predicted octanol–water partition coefficient (Wildman–Crippen LogP) is 2.82. The summed E-state index contributed by atoms with van der Waals surface area (Å²) in [6.45, 7) is 1.04. The van der Waals surface area contributed by atoms with Crippen LogP contribution in [-0.4, -0.2) is 18.6 Å². The Balaban J connectivity index is 2.07. The van der Waals surface area contributed by atoms with Crippen molar-refractivity contribution >= 4 is 17.1 Å². The Morgan fingerprint density at radius 2 is 2.06 bits per heavy atom. The minimum Gasteiger partial charge on any atom is -0.385 e. The number of nitrogens with one attached hydrogen (secondary N) is 1. The van der Waals surface area contributed by atoms with Gasteiger partial charge in [0.1, 0.15) is 0 Å². The Kier molecular flexibility index (Phi) is 2.44. The Morgan fingerprint density at radius 1 is 1.18 bits per heavy atom. The minimum absolute atomic E-state index is 1.04. The summed E-state index contributed by atoms with van der Waals surface area (Å²) < 4.78 is 0. The van der Waals surface area contributed by atoms with Gasteiger partial charge in [0.25, 0.3) is 0 Å². The van der Waals surface area contributed by atoms with Crippen LogP contribution in [0.3, 0.4) is 0 Å². The fourth-order valence-electron chi connectivity index (χ4n) is 2.40. The highest BCUT2D eigenvalue weighted by atomic mass is 15.2. The third kappa shape index (κ3) is 1.64. The first kappa shape index (κ1) is 10.1. The zero-order chi connectivity index (χ0) is 11.7. The molecule has 0 saturated heterocycles. The van der Waals surface area contributed by atoms with Crippen molar-refractivity contribution in [3.05, 3.63) is 48.3 Å². The maximum absolute atomic E-state index is 4.15. The highest BCUT2D eigenvalue weighted by molar-refractivity contribution is 5.78. The van der Waals surface area contributed by atoms with Crippen molar-refractivity contribution in [1.29, 1.82) is 0 Å². The van der Waals surface area contributed by atoms with Gasteiger partial charge < -0.3 is 10.2 Å². The second kappa shape index (κ2) is 4.09. The predicted molar refractivity (Wildman–Crippen MR) is 70.9 cm³/mol. The van der Waals surface area contributed by atoms with Crippen LogP contribution >= 0.6 is 0 Å². The zero-order valence-corrected chi connectivity index (χ0v) is 9.85. The van der Waals surface area contributed by atoms with E-state index in [-0.39, 0.29) is 0 Å². The lowest BCUT2D eigenvalue weighted by Crippen LogP contribution is -2.15. The van der Waals surface area contributed by atoms with Gasteiger partial charge in [0, 0.05) is 25.5 Å². The zero-order valence-electron chi connectivity index (χ0n) is 9.85. The van der Waals surface area contributed by atoms with Crippen LogP contribution in [0.2, 0.25) is 0 Å². The van der Waals surface area contributed by atoms with E-state index in [9.17, 15) is 0 Å². The number of para-hydroxylation sites is 1. The second-order valence-corrected chi connectivity index (χ2v) is 4.17. The Hall–Kier alpha value is -2.03. The van der Waals surface area contributed by atoms with Crippen LogP contribution in [0.25, 0.3) is 0 Å². The SMILES string of the molecule is CNc1cnccc1N1CCc2ccccc21. The molecule has 3 rings (SSSR count). The summed E-state index contributed by atoms with van der Waals surface area (Å²) in [5, 5.41) is 3.20. The highest BCUT2D eigenvalue weighted by Crippen LogP contribution is 2.37. The monoisotopic (exact) mass is 225 g/mol. The number of hydrogen-bond donors (Lipinski definition) is 1. The molecule has 1 aromatic heterocycles. The lowest BCUT2D eigenvalue weighted by Gasteiger charge is -2.22. The van der Waals surface area contributed by atoms with Gasteiger partial charge in [-0.15, -0.1) is 0 Å². The molecule has 0 fully saturated rings. The smallest absolute Gasteiger partial charge is 0.0765 e. The average Bonchev–Trinajstić information content (AvgIpc) is 2.82. The summed E-state index contributed by atoms with van der Waals surface area (Å²) >= 11 is 0. The Bertz CT molecular complexity index is 536. The second-order valence-electron chi connectivity index (χ2n) is 4.17. The van der Waals surface area contributed by atoms with Gasteiger partial charge in [-0.1, -0.05) is 18.2 Å². The first-order valence-corrected chi connectivity index (χ1v) is 5.87. The number of pyridine rings is 1. The Labute approximate surface area is 101 Å². The third-order valence-corrected chi connectivity index (χ3v) is 3.25. The maximum Gasteiger partial charge on any atom is 0.0765 e. The standard InChI is InChI=1S/C14H15N3/c1-15-12-10-16-8-6-14(12)17-9-7-11-4-2-3-5-13(11)17/h2-6,8,10,15H,7,9H2,1H3. The lowest BCUT2D eigenvalue weighted by atomic mass is 10.2. The first-order chi connectivity index (χ1) is 8.40. The molecule has 0 aliphatic carbocycles. The van der Waals surface area contributed by atoms with Gasteiger partial charge >= 0.3 is 0 Å². The van der Waals surface area contributed by atoms with Crippen LogP contribution < -0.4 is 10.2 Å². The van der Waals surface area contributed by atoms with Gasteiger partial charge in [-0.3, -0.25) is 4.98 Å². The first-order valence-electron chi connectivity index (χ1n) is 5.87. The average molecular weight is 225 g/mol. The lowest BCUT2D eigenvalue weighted by molar-refractivity contribution is 0.996. The minimum atomic E-state index is 1.04. The summed E-state index contributed by atoms with van der Waals surface area (Å²) in [6, 6.07) is 10.6. The summed E-state index contributed by atoms with van der Waals surface area (Å²) in [5.74, 6) is 0. The van der Waals surface area contributed by atoms with Gasteiger partial charge in [-0.25, -0.2) is 0 Å². The molecule has 1 aliphatic heterocycles. The van der Waals surface area contributed by atoms with E-state index >= 15 is 0 Å². The van der Waals surface area contributed by atoms with Crippen molar-refractivity contribution in [3.8, 4) is 0 Å². The number of aromatic nitrogens is 1. The van der Waals surface area contributed by atoms with Crippen molar-refractivity contribution in [3.63, 3.8) is 0 Å². The van der Waals surface area contributed by atoms with Crippen molar-refractivity contribution in [2.75, 3.05) is 23.8 Å². The van der Waals surface area contributed by atoms with E-state index in [1.54, 1.807) is 0 Å². The van der Waals surface area contributed by atoms with Crippen LogP contribution in [0.1, 0.15) is 5.56 Å². The summed E-state index contributed by atoms with van der Waals surface area (Å²) in [4.78, 5) is 6.50. The maximum atomic E-state index is 4.15. The molecule has 3 nitrogen and oxygen atoms in total. The van der Waals surface area contributed by atoms with E-state index in [0.29, 0.717) is 0 Å². The molecule has 1 aromatic carbocycles. The largest absolute Gasteiger partial charge is 0.385 e. The number of anilines is 3. The molecule has 17 heavy (non-hydrogen) atoms. The molecule has 2 heterocycles. The summed E-state index contributed by atoms with van der Waals surface area (Å²) in [7, 11) is 1.93. The van der Waals surface area contributed by atoms with E-state index in [4.69, 9.17) is 0 Å². The topological polar surface area (TPSA) is 28.2 Å². The molecular weight excluding hydrogens is 210 g/mol. The molecule has 1 aliphatic rings. The molecule has 86 valence electrons. The van der Waals surface area contributed by atoms with Gasteiger partial charge in [0.2, 0.25) is 0 Å². The molecule has 0 atom stereocenters. The number of benzene rings is 1. The molecule has 0 bridgehead atoms. The number of hydrogen-bond acceptors (Lipinski definition) is 3.